The van der Waals surface area contributed by atoms with Crippen LogP contribution in [-0.4, -0.2) is 6.54 Å². The van der Waals surface area contributed by atoms with Gasteiger partial charge in [-0.2, -0.15) is 0 Å². The molecule has 1 aliphatic carbocycles. The van der Waals surface area contributed by atoms with Crippen LogP contribution < -0.4 is 5.32 Å². The molecule has 1 fully saturated rings. The van der Waals surface area contributed by atoms with Gasteiger partial charge in [0, 0.05) is 0 Å². The molecule has 17 heavy (non-hydrogen) atoms. The second-order valence-electron chi connectivity index (χ2n) is 5.11. The van der Waals surface area contributed by atoms with E-state index in [9.17, 15) is 0 Å². The van der Waals surface area contributed by atoms with Crippen molar-refractivity contribution in [2.45, 2.75) is 51.5 Å². The Morgan fingerprint density at radius 2 is 2.18 bits per heavy atom. The molecular formula is C14H22BrNO. The molecule has 0 bridgehead atoms. The zero-order valence-electron chi connectivity index (χ0n) is 10.5. The first-order valence-corrected chi connectivity index (χ1v) is 7.53. The largest absolute Gasteiger partial charge is 0.453 e. The normalized spacial score (nSPS) is 18.7. The van der Waals surface area contributed by atoms with E-state index in [2.05, 4.69) is 28.2 Å². The van der Waals surface area contributed by atoms with E-state index in [1.54, 1.807) is 0 Å². The predicted octanol–water partition coefficient (Wildman–Crippen LogP) is 4.66. The molecule has 1 aromatic heterocycles. The topological polar surface area (TPSA) is 25.2 Å². The summed E-state index contributed by atoms with van der Waals surface area (Å²) in [6, 6.07) is 4.29. The van der Waals surface area contributed by atoms with Gasteiger partial charge in [-0.1, -0.05) is 25.7 Å². The van der Waals surface area contributed by atoms with E-state index in [1.165, 1.54) is 38.5 Å². The molecule has 0 amide bonds. The summed E-state index contributed by atoms with van der Waals surface area (Å²) in [4.78, 5) is 0. The van der Waals surface area contributed by atoms with Crippen LogP contribution in [0.25, 0.3) is 0 Å². The highest BCUT2D eigenvalue weighted by molar-refractivity contribution is 9.10. The van der Waals surface area contributed by atoms with Gasteiger partial charge in [-0.25, -0.2) is 0 Å². The SMILES string of the molecule is CC(NCCCC1CCCC1)c1ccc(Br)o1. The van der Waals surface area contributed by atoms with Crippen LogP contribution in [0.15, 0.2) is 21.2 Å². The van der Waals surface area contributed by atoms with Gasteiger partial charge in [-0.15, -0.1) is 0 Å². The Labute approximate surface area is 112 Å². The van der Waals surface area contributed by atoms with Crippen molar-refractivity contribution in [3.05, 3.63) is 22.6 Å². The molecule has 1 saturated carbocycles. The van der Waals surface area contributed by atoms with Crippen molar-refractivity contribution in [1.29, 1.82) is 0 Å². The molecule has 1 atom stereocenters. The van der Waals surface area contributed by atoms with Gasteiger partial charge in [-0.3, -0.25) is 0 Å². The van der Waals surface area contributed by atoms with E-state index in [-0.39, 0.29) is 0 Å². The molecule has 96 valence electrons. The number of hydrogen-bond donors (Lipinski definition) is 1. The summed E-state index contributed by atoms with van der Waals surface area (Å²) in [6.07, 6.45) is 8.50. The standard InChI is InChI=1S/C14H22BrNO/c1-11(13-8-9-14(15)17-13)16-10-4-7-12-5-2-3-6-12/h8-9,11-12,16H,2-7,10H2,1H3. The minimum Gasteiger partial charge on any atom is -0.453 e. The maximum absolute atomic E-state index is 5.53. The van der Waals surface area contributed by atoms with E-state index in [0.29, 0.717) is 6.04 Å². The van der Waals surface area contributed by atoms with Crippen LogP contribution in [0.1, 0.15) is 57.3 Å². The van der Waals surface area contributed by atoms with Gasteiger partial charge in [0.05, 0.1) is 6.04 Å². The average molecular weight is 300 g/mol. The lowest BCUT2D eigenvalue weighted by Gasteiger charge is -2.13. The Morgan fingerprint density at radius 1 is 1.41 bits per heavy atom. The predicted molar refractivity (Wildman–Crippen MR) is 74.0 cm³/mol. The number of nitrogens with one attached hydrogen (secondary N) is 1. The van der Waals surface area contributed by atoms with Crippen LogP contribution in [0.3, 0.4) is 0 Å². The zero-order valence-corrected chi connectivity index (χ0v) is 12.1. The summed E-state index contributed by atoms with van der Waals surface area (Å²) >= 11 is 3.33. The lowest BCUT2D eigenvalue weighted by molar-refractivity contribution is 0.403. The Kier molecular flexibility index (Phi) is 5.11. The molecule has 1 aromatic rings. The van der Waals surface area contributed by atoms with Crippen LogP contribution >= 0.6 is 15.9 Å². The molecule has 3 heteroatoms. The van der Waals surface area contributed by atoms with E-state index in [4.69, 9.17) is 4.42 Å². The third kappa shape index (κ3) is 4.14. The van der Waals surface area contributed by atoms with Gasteiger partial charge in [0.15, 0.2) is 4.67 Å². The van der Waals surface area contributed by atoms with Gasteiger partial charge in [-0.05, 0) is 60.3 Å². The number of rotatable bonds is 6. The Bertz CT molecular complexity index is 331. The van der Waals surface area contributed by atoms with Crippen molar-refractivity contribution in [3.63, 3.8) is 0 Å². The Hall–Kier alpha value is -0.280. The van der Waals surface area contributed by atoms with Gasteiger partial charge in [0.25, 0.3) is 0 Å². The molecule has 0 radical (unpaired) electrons. The smallest absolute Gasteiger partial charge is 0.169 e. The minimum absolute atomic E-state index is 0.310. The fourth-order valence-electron chi connectivity index (χ4n) is 2.67. The van der Waals surface area contributed by atoms with Crippen molar-refractivity contribution in [2.75, 3.05) is 6.54 Å². The number of hydrogen-bond acceptors (Lipinski definition) is 2. The molecule has 1 unspecified atom stereocenters. The first-order chi connectivity index (χ1) is 8.25. The number of furan rings is 1. The maximum Gasteiger partial charge on any atom is 0.169 e. The molecule has 2 nitrogen and oxygen atoms in total. The van der Waals surface area contributed by atoms with Crippen LogP contribution in [0.4, 0.5) is 0 Å². The lowest BCUT2D eigenvalue weighted by atomic mass is 10.0. The summed E-state index contributed by atoms with van der Waals surface area (Å²) < 4.78 is 6.34. The van der Waals surface area contributed by atoms with E-state index in [1.807, 2.05) is 12.1 Å². The van der Waals surface area contributed by atoms with Gasteiger partial charge >= 0.3 is 0 Å². The molecule has 1 heterocycles. The molecule has 2 rings (SSSR count). The molecular weight excluding hydrogens is 278 g/mol. The molecule has 0 aromatic carbocycles. The van der Waals surface area contributed by atoms with Crippen molar-refractivity contribution >= 4 is 15.9 Å². The second-order valence-corrected chi connectivity index (χ2v) is 5.89. The average Bonchev–Trinajstić information content (AvgIpc) is 2.95. The van der Waals surface area contributed by atoms with Crippen molar-refractivity contribution in [2.24, 2.45) is 5.92 Å². The zero-order chi connectivity index (χ0) is 12.1. The lowest BCUT2D eigenvalue weighted by Crippen LogP contribution is -2.19. The fourth-order valence-corrected chi connectivity index (χ4v) is 2.99. The summed E-state index contributed by atoms with van der Waals surface area (Å²) in [6.45, 7) is 3.25. The van der Waals surface area contributed by atoms with Crippen molar-refractivity contribution in [3.8, 4) is 0 Å². The maximum atomic E-state index is 5.53. The van der Waals surface area contributed by atoms with Crippen LogP contribution in [-0.2, 0) is 0 Å². The summed E-state index contributed by atoms with van der Waals surface area (Å²) in [5, 5.41) is 3.52. The van der Waals surface area contributed by atoms with Gasteiger partial charge in [0.1, 0.15) is 5.76 Å². The summed E-state index contributed by atoms with van der Waals surface area (Å²) in [7, 11) is 0. The minimum atomic E-state index is 0.310. The van der Waals surface area contributed by atoms with Crippen LogP contribution in [0.5, 0.6) is 0 Å². The molecule has 0 saturated heterocycles. The second kappa shape index (κ2) is 6.60. The van der Waals surface area contributed by atoms with E-state index >= 15 is 0 Å². The highest BCUT2D eigenvalue weighted by Gasteiger charge is 2.14. The van der Waals surface area contributed by atoms with Gasteiger partial charge < -0.3 is 9.73 Å². The van der Waals surface area contributed by atoms with Crippen LogP contribution in [0.2, 0.25) is 0 Å². The fraction of sp³-hybridized carbons (Fsp3) is 0.714. The molecule has 0 aliphatic heterocycles. The molecule has 0 spiro atoms. The Balaban J connectivity index is 1.61. The van der Waals surface area contributed by atoms with Crippen LogP contribution in [0, 0.1) is 5.92 Å². The summed E-state index contributed by atoms with van der Waals surface area (Å²) in [5.41, 5.74) is 0. The Morgan fingerprint density at radius 3 is 2.82 bits per heavy atom. The first-order valence-electron chi connectivity index (χ1n) is 6.74. The van der Waals surface area contributed by atoms with Crippen molar-refractivity contribution in [1.82, 2.24) is 5.32 Å². The highest BCUT2D eigenvalue weighted by atomic mass is 79.9. The quantitative estimate of drug-likeness (QED) is 0.773. The van der Waals surface area contributed by atoms with Gasteiger partial charge in [0.2, 0.25) is 0 Å². The molecule has 1 N–H and O–H groups in total. The van der Waals surface area contributed by atoms with E-state index in [0.717, 1.165) is 22.9 Å². The number of halogens is 1. The summed E-state index contributed by atoms with van der Waals surface area (Å²) in [5.74, 6) is 2.02. The molecule has 1 aliphatic rings. The van der Waals surface area contributed by atoms with Crippen molar-refractivity contribution < 1.29 is 4.42 Å². The van der Waals surface area contributed by atoms with E-state index < -0.39 is 0 Å². The third-order valence-electron chi connectivity index (χ3n) is 3.74. The highest BCUT2D eigenvalue weighted by Crippen LogP contribution is 2.28. The first kappa shape index (κ1) is 13.2. The third-order valence-corrected chi connectivity index (χ3v) is 4.16. The monoisotopic (exact) mass is 299 g/mol.